The summed E-state index contributed by atoms with van der Waals surface area (Å²) in [5.74, 6) is -5.09. The van der Waals surface area contributed by atoms with Gasteiger partial charge in [0.15, 0.2) is 11.3 Å². The lowest BCUT2D eigenvalue weighted by Crippen LogP contribution is -2.37. The maximum Gasteiger partial charge on any atom is 0.307 e. The summed E-state index contributed by atoms with van der Waals surface area (Å²) in [5, 5.41) is 14.7. The third-order valence-electron chi connectivity index (χ3n) is 7.75. The standard InChI is InChI=1S/C33H40BN2O8P/c1-20(2)14-22(32(41)36-18-31(40)45(3)34)15-23(37)17-35-29(38)13-12-21(33(42)43)16-30(39)44-19-28-26-10-6-4-8-24(26)25-9-5-7-11-27(25)28/h4-11,20-22,28H,12-19H2,1-3H3,(H,35,38)(H,36,41)(H,42,43). The predicted octanol–water partition coefficient (Wildman–Crippen LogP) is 3.79. The molecule has 10 nitrogen and oxygen atoms in total. The molecule has 0 bridgehead atoms. The number of hydrogen-bond acceptors (Lipinski definition) is 7. The van der Waals surface area contributed by atoms with Crippen molar-refractivity contribution in [2.75, 3.05) is 26.4 Å². The Labute approximate surface area is 266 Å². The molecule has 45 heavy (non-hydrogen) atoms. The number of carboxylic acid groups (broad SMARTS) is 1. The molecule has 2 aromatic carbocycles. The number of rotatable bonds is 18. The molecule has 1 aliphatic rings. The van der Waals surface area contributed by atoms with Gasteiger partial charge < -0.3 is 20.5 Å². The van der Waals surface area contributed by atoms with Crippen LogP contribution in [-0.2, 0) is 33.5 Å². The highest BCUT2D eigenvalue weighted by molar-refractivity contribution is 7.94. The van der Waals surface area contributed by atoms with E-state index in [4.69, 9.17) is 12.3 Å². The summed E-state index contributed by atoms with van der Waals surface area (Å²) < 4.78 is 5.53. The van der Waals surface area contributed by atoms with Crippen LogP contribution in [0.4, 0.5) is 0 Å². The van der Waals surface area contributed by atoms with Gasteiger partial charge in [-0.25, -0.2) is 0 Å². The van der Waals surface area contributed by atoms with Gasteiger partial charge in [0.05, 0.1) is 25.4 Å². The summed E-state index contributed by atoms with van der Waals surface area (Å²) in [5.41, 5.74) is 3.98. The molecular formula is C33H40BN2O8P. The summed E-state index contributed by atoms with van der Waals surface area (Å²) in [6, 6.07) is 15.8. The van der Waals surface area contributed by atoms with Crippen LogP contribution in [0.2, 0.25) is 0 Å². The van der Waals surface area contributed by atoms with Crippen molar-refractivity contribution in [1.29, 1.82) is 0 Å². The quantitative estimate of drug-likeness (QED) is 0.127. The van der Waals surface area contributed by atoms with Crippen LogP contribution < -0.4 is 10.6 Å². The number of carboxylic acids is 1. The summed E-state index contributed by atoms with van der Waals surface area (Å²) in [7, 11) is 4.26. The first kappa shape index (κ1) is 35.6. The Morgan fingerprint density at radius 2 is 1.49 bits per heavy atom. The molecule has 0 fully saturated rings. The Morgan fingerprint density at radius 1 is 0.889 bits per heavy atom. The van der Waals surface area contributed by atoms with Crippen LogP contribution in [0.15, 0.2) is 48.5 Å². The van der Waals surface area contributed by atoms with Gasteiger partial charge in [0.2, 0.25) is 11.8 Å². The number of Topliss-reactive ketones (excluding diaryl/α,β-unsaturated/α-hetero) is 1. The Bertz CT molecular complexity index is 1370. The van der Waals surface area contributed by atoms with E-state index in [1.165, 1.54) is 0 Å². The maximum atomic E-state index is 12.7. The molecule has 0 heterocycles. The molecule has 3 atom stereocenters. The van der Waals surface area contributed by atoms with Crippen LogP contribution in [0.5, 0.6) is 0 Å². The normalized spacial score (nSPS) is 14.0. The Balaban J connectivity index is 1.45. The average molecular weight is 634 g/mol. The van der Waals surface area contributed by atoms with Crippen LogP contribution in [0.1, 0.15) is 63.0 Å². The van der Waals surface area contributed by atoms with Crippen molar-refractivity contribution in [2.45, 2.75) is 51.9 Å². The third kappa shape index (κ3) is 10.6. The molecular weight excluding hydrogens is 594 g/mol. The summed E-state index contributed by atoms with van der Waals surface area (Å²) in [4.78, 5) is 73.9. The lowest BCUT2D eigenvalue weighted by Gasteiger charge is -2.18. The minimum absolute atomic E-state index is 0.0703. The Morgan fingerprint density at radius 3 is 2.04 bits per heavy atom. The average Bonchev–Trinajstić information content (AvgIpc) is 3.32. The topological polar surface area (TPSA) is 156 Å². The molecule has 0 aromatic heterocycles. The van der Waals surface area contributed by atoms with Gasteiger partial charge in [-0.2, -0.15) is 0 Å². The number of ketones is 1. The third-order valence-corrected chi connectivity index (χ3v) is 8.69. The number of amides is 2. The molecule has 3 unspecified atom stereocenters. The largest absolute Gasteiger partial charge is 0.481 e. The van der Waals surface area contributed by atoms with Crippen molar-refractivity contribution in [2.24, 2.45) is 17.8 Å². The summed E-state index contributed by atoms with van der Waals surface area (Å²) >= 11 is 0. The molecule has 2 radical (unpaired) electrons. The second-order valence-corrected chi connectivity index (χ2v) is 13.5. The number of benzene rings is 2. The highest BCUT2D eigenvalue weighted by Gasteiger charge is 2.30. The van der Waals surface area contributed by atoms with Crippen LogP contribution in [0.25, 0.3) is 11.1 Å². The van der Waals surface area contributed by atoms with Crippen LogP contribution in [0.3, 0.4) is 0 Å². The minimum atomic E-state index is -1.33. The van der Waals surface area contributed by atoms with Gasteiger partial charge in [0, 0.05) is 24.7 Å². The van der Waals surface area contributed by atoms with Crippen molar-refractivity contribution >= 4 is 50.4 Å². The number of fused-ring (bicyclic) bond motifs is 3. The first-order chi connectivity index (χ1) is 21.4. The number of carbonyl (C=O) groups is 6. The fraction of sp³-hybridized carbons (Fsp3) is 0.455. The molecule has 12 heteroatoms. The zero-order valence-corrected chi connectivity index (χ0v) is 26.8. The Hall–Kier alpha value is -3.85. The second-order valence-electron chi connectivity index (χ2n) is 11.8. The first-order valence-corrected chi connectivity index (χ1v) is 16.9. The number of aliphatic carboxylic acids is 1. The van der Waals surface area contributed by atoms with E-state index in [2.05, 4.69) is 10.6 Å². The number of hydrogen-bond donors (Lipinski definition) is 3. The number of carbonyl (C=O) groups excluding carboxylic acids is 5. The molecule has 0 saturated carbocycles. The van der Waals surface area contributed by atoms with E-state index in [-0.39, 0.29) is 62.1 Å². The van der Waals surface area contributed by atoms with Gasteiger partial charge in [-0.15, -0.1) is 0 Å². The first-order valence-electron chi connectivity index (χ1n) is 15.0. The number of esters is 1. The molecule has 3 N–H and O–H groups in total. The van der Waals surface area contributed by atoms with Crippen LogP contribution >= 0.6 is 7.80 Å². The second kappa shape index (κ2) is 17.0. The van der Waals surface area contributed by atoms with E-state index in [0.717, 1.165) is 22.3 Å². The fourth-order valence-corrected chi connectivity index (χ4v) is 5.74. The highest BCUT2D eigenvalue weighted by atomic mass is 31.1. The lowest BCUT2D eigenvalue weighted by molar-refractivity contribution is -0.152. The van der Waals surface area contributed by atoms with E-state index in [1.54, 1.807) is 6.66 Å². The van der Waals surface area contributed by atoms with Gasteiger partial charge in [-0.1, -0.05) is 70.2 Å². The smallest absolute Gasteiger partial charge is 0.307 e. The Kier molecular flexibility index (Phi) is 13.5. The maximum absolute atomic E-state index is 12.7. The van der Waals surface area contributed by atoms with E-state index >= 15 is 0 Å². The van der Waals surface area contributed by atoms with Crippen molar-refractivity contribution in [1.82, 2.24) is 10.6 Å². The van der Waals surface area contributed by atoms with Gasteiger partial charge in [-0.05, 0) is 47.7 Å². The van der Waals surface area contributed by atoms with Gasteiger partial charge in [0.25, 0.3) is 0 Å². The van der Waals surface area contributed by atoms with Crippen molar-refractivity contribution in [3.63, 3.8) is 0 Å². The molecule has 238 valence electrons. The van der Waals surface area contributed by atoms with E-state index in [0.29, 0.717) is 6.42 Å². The van der Waals surface area contributed by atoms with E-state index in [1.807, 2.05) is 62.4 Å². The summed E-state index contributed by atoms with van der Waals surface area (Å²) in [6.45, 7) is 4.95. The van der Waals surface area contributed by atoms with Gasteiger partial charge >= 0.3 is 11.9 Å². The zero-order chi connectivity index (χ0) is 33.1. The molecule has 1 aliphatic carbocycles. The van der Waals surface area contributed by atoms with Crippen molar-refractivity contribution in [3.05, 3.63) is 59.7 Å². The van der Waals surface area contributed by atoms with Gasteiger partial charge in [-0.3, -0.25) is 28.8 Å². The monoisotopic (exact) mass is 634 g/mol. The molecule has 0 aliphatic heterocycles. The van der Waals surface area contributed by atoms with Crippen LogP contribution in [0, 0.1) is 17.8 Å². The number of ether oxygens (including phenoxy) is 1. The fourth-order valence-electron chi connectivity index (χ4n) is 5.41. The molecule has 3 rings (SSSR count). The highest BCUT2D eigenvalue weighted by Crippen LogP contribution is 2.44. The van der Waals surface area contributed by atoms with Gasteiger partial charge in [0.1, 0.15) is 14.2 Å². The molecule has 0 spiro atoms. The lowest BCUT2D eigenvalue weighted by atomic mass is 9.91. The molecule has 0 saturated heterocycles. The minimum Gasteiger partial charge on any atom is -0.481 e. The zero-order valence-electron chi connectivity index (χ0n) is 25.9. The van der Waals surface area contributed by atoms with Crippen molar-refractivity contribution in [3.8, 4) is 11.1 Å². The van der Waals surface area contributed by atoms with Crippen LogP contribution in [-0.4, -0.2) is 74.1 Å². The van der Waals surface area contributed by atoms with E-state index in [9.17, 15) is 33.9 Å². The molecule has 2 aromatic rings. The van der Waals surface area contributed by atoms with E-state index < -0.39 is 49.8 Å². The van der Waals surface area contributed by atoms with Crippen molar-refractivity contribution < 1.29 is 38.6 Å². The predicted molar refractivity (Wildman–Crippen MR) is 172 cm³/mol. The summed E-state index contributed by atoms with van der Waals surface area (Å²) in [6.07, 6.45) is -0.428. The molecule has 2 amide bonds. The SMILES string of the molecule is [B]P(C)C(=O)CNC(=O)C(CC(=O)CNC(=O)CCC(CC(=O)OCC1c2ccccc2-c2ccccc21)C(=O)O)CC(C)C. The number of nitrogens with one attached hydrogen (secondary N) is 2.